The number of unbranched alkanes of at least 4 members (excludes halogenated alkanes) is 3. The summed E-state index contributed by atoms with van der Waals surface area (Å²) >= 11 is 10.1. The van der Waals surface area contributed by atoms with Crippen LogP contribution in [0.25, 0.3) is 0 Å². The summed E-state index contributed by atoms with van der Waals surface area (Å²) in [5.41, 5.74) is 3.07. The topological polar surface area (TPSA) is 15.3 Å². The van der Waals surface area contributed by atoms with E-state index < -0.39 is 18.4 Å². The van der Waals surface area contributed by atoms with Crippen molar-refractivity contribution in [3.63, 3.8) is 0 Å². The van der Waals surface area contributed by atoms with Gasteiger partial charge in [0.25, 0.3) is 0 Å². The molecule has 122 valence electrons. The minimum atomic E-state index is -2.45. The van der Waals surface area contributed by atoms with E-state index in [9.17, 15) is 0 Å². The van der Waals surface area contributed by atoms with Crippen LogP contribution in [0.3, 0.4) is 0 Å². The van der Waals surface area contributed by atoms with E-state index in [2.05, 4.69) is 32.3 Å². The number of halogens is 2. The van der Waals surface area contributed by atoms with Crippen molar-refractivity contribution in [3.05, 3.63) is 21.0 Å². The van der Waals surface area contributed by atoms with E-state index in [1.807, 2.05) is 6.08 Å². The van der Waals surface area contributed by atoms with Crippen molar-refractivity contribution in [2.45, 2.75) is 72.6 Å². The Morgan fingerprint density at radius 3 is 1.81 bits per heavy atom. The predicted molar refractivity (Wildman–Crippen MR) is 97.7 cm³/mol. The number of hydrogen-bond acceptors (Lipinski definition) is 2. The van der Waals surface area contributed by atoms with Gasteiger partial charge in [0.1, 0.15) is 0 Å². The average molecular weight is 440 g/mol. The third-order valence-corrected chi connectivity index (χ3v) is 20.7. The molecule has 0 saturated heterocycles. The summed E-state index contributed by atoms with van der Waals surface area (Å²) in [5, 5.41) is 0.607. The molecule has 0 atom stereocenters. The van der Waals surface area contributed by atoms with E-state index >= 15 is 0 Å². The SMILES string of the molecule is CCC[CH2][Sn]([CH2]CCC)([CH2]CCC)[C]1=CC=C(Cl)NN1Cl. The molecule has 0 fully saturated rings. The van der Waals surface area contributed by atoms with Crippen LogP contribution in [-0.2, 0) is 0 Å². The van der Waals surface area contributed by atoms with Gasteiger partial charge in [0.15, 0.2) is 0 Å². The van der Waals surface area contributed by atoms with Crippen molar-refractivity contribution < 1.29 is 0 Å². The Labute approximate surface area is 144 Å². The summed E-state index contributed by atoms with van der Waals surface area (Å²) < 4.78 is 7.33. The molecule has 0 amide bonds. The van der Waals surface area contributed by atoms with E-state index in [1.165, 1.54) is 55.5 Å². The summed E-state index contributed by atoms with van der Waals surface area (Å²) in [6, 6.07) is 0. The summed E-state index contributed by atoms with van der Waals surface area (Å²) in [4.78, 5) is 0. The van der Waals surface area contributed by atoms with Gasteiger partial charge in [0, 0.05) is 0 Å². The molecular weight excluding hydrogens is 410 g/mol. The van der Waals surface area contributed by atoms with Crippen molar-refractivity contribution in [3.8, 4) is 0 Å². The monoisotopic (exact) mass is 440 g/mol. The Balaban J connectivity index is 3.05. The molecule has 1 rings (SSSR count). The Kier molecular flexibility index (Phi) is 9.54. The van der Waals surface area contributed by atoms with Gasteiger partial charge in [-0.3, -0.25) is 0 Å². The van der Waals surface area contributed by atoms with Crippen molar-refractivity contribution in [2.24, 2.45) is 0 Å². The molecule has 0 aliphatic carbocycles. The first kappa shape index (κ1) is 19.5. The molecule has 21 heavy (non-hydrogen) atoms. The zero-order valence-electron chi connectivity index (χ0n) is 13.7. The van der Waals surface area contributed by atoms with Crippen LogP contribution in [0.2, 0.25) is 13.3 Å². The first-order chi connectivity index (χ1) is 10.1. The standard InChI is InChI=1S/C4H3Cl2N2.3C4H9.Sn/c5-4-2-1-3-8(6)7-4;3*1-3-4-2;/h1-2,7H;3*1,3-4H2,2H3;. The molecule has 0 bridgehead atoms. The second kappa shape index (κ2) is 10.3. The number of nitrogens with one attached hydrogen (secondary N) is 1. The van der Waals surface area contributed by atoms with Gasteiger partial charge in [-0.1, -0.05) is 0 Å². The van der Waals surface area contributed by atoms with Crippen LogP contribution in [0.5, 0.6) is 0 Å². The number of hydrazine groups is 1. The molecule has 0 aromatic carbocycles. The van der Waals surface area contributed by atoms with Crippen molar-refractivity contribution in [1.29, 1.82) is 0 Å². The number of hydrogen-bond donors (Lipinski definition) is 1. The molecule has 0 saturated carbocycles. The van der Waals surface area contributed by atoms with Crippen LogP contribution in [0, 0.1) is 0 Å². The molecule has 0 aromatic rings. The summed E-state index contributed by atoms with van der Waals surface area (Å²) in [7, 11) is 0. The van der Waals surface area contributed by atoms with Gasteiger partial charge in [-0.15, -0.1) is 0 Å². The third-order valence-electron chi connectivity index (χ3n) is 4.37. The number of rotatable bonds is 10. The molecule has 2 nitrogen and oxygen atoms in total. The second-order valence-corrected chi connectivity index (χ2v) is 19.8. The first-order valence-corrected chi connectivity index (χ1v) is 16.6. The van der Waals surface area contributed by atoms with E-state index in [1.54, 1.807) is 4.53 Å². The van der Waals surface area contributed by atoms with Crippen LogP contribution in [-0.4, -0.2) is 22.9 Å². The fourth-order valence-electron chi connectivity index (χ4n) is 3.10. The molecule has 1 aliphatic heterocycles. The number of nitrogens with zero attached hydrogens (tertiary/aromatic N) is 1. The van der Waals surface area contributed by atoms with Gasteiger partial charge in [0.2, 0.25) is 0 Å². The molecule has 0 unspecified atom stereocenters. The third kappa shape index (κ3) is 5.87. The predicted octanol–water partition coefficient (Wildman–Crippen LogP) is 6.31. The zero-order valence-corrected chi connectivity index (χ0v) is 18.1. The normalized spacial score (nSPS) is 15.6. The summed E-state index contributed by atoms with van der Waals surface area (Å²) in [5.74, 6) is 0. The van der Waals surface area contributed by atoms with Crippen LogP contribution in [0.1, 0.15) is 59.3 Å². The first-order valence-electron chi connectivity index (χ1n) is 8.40. The quantitative estimate of drug-likeness (QED) is 0.243. The van der Waals surface area contributed by atoms with Gasteiger partial charge in [-0.05, 0) is 0 Å². The number of allylic oxidation sites excluding steroid dienone is 2. The van der Waals surface area contributed by atoms with E-state index in [-0.39, 0.29) is 0 Å². The molecule has 1 aliphatic rings. The van der Waals surface area contributed by atoms with Gasteiger partial charge in [-0.25, -0.2) is 0 Å². The fourth-order valence-corrected chi connectivity index (χ4v) is 20.4. The van der Waals surface area contributed by atoms with Gasteiger partial charge >= 0.3 is 145 Å². The van der Waals surface area contributed by atoms with Crippen molar-refractivity contribution in [2.75, 3.05) is 0 Å². The molecule has 0 spiro atoms. The van der Waals surface area contributed by atoms with E-state index in [0.29, 0.717) is 5.16 Å². The zero-order chi connectivity index (χ0) is 15.7. The van der Waals surface area contributed by atoms with E-state index in [4.69, 9.17) is 23.4 Å². The minimum absolute atomic E-state index is 0.607. The Morgan fingerprint density at radius 2 is 1.43 bits per heavy atom. The molecule has 5 heteroatoms. The van der Waals surface area contributed by atoms with Gasteiger partial charge in [0.05, 0.1) is 0 Å². The maximum atomic E-state index is 6.48. The molecule has 0 aromatic heterocycles. The molecule has 1 heterocycles. The molecular formula is C16H30Cl2N2Sn. The summed E-state index contributed by atoms with van der Waals surface area (Å²) in [6.45, 7) is 6.87. The van der Waals surface area contributed by atoms with Crippen LogP contribution < -0.4 is 5.43 Å². The van der Waals surface area contributed by atoms with Crippen molar-refractivity contribution >= 4 is 41.8 Å². The maximum absolute atomic E-state index is 6.48. The van der Waals surface area contributed by atoms with Crippen LogP contribution in [0.4, 0.5) is 0 Å². The Hall–Kier alpha value is 0.459. The molecule has 0 radical (unpaired) electrons. The Bertz CT molecular complexity index is 348. The van der Waals surface area contributed by atoms with Crippen LogP contribution in [0.15, 0.2) is 21.0 Å². The van der Waals surface area contributed by atoms with Gasteiger partial charge in [-0.2, -0.15) is 0 Å². The Morgan fingerprint density at radius 1 is 0.952 bits per heavy atom. The van der Waals surface area contributed by atoms with Crippen molar-refractivity contribution in [1.82, 2.24) is 9.95 Å². The second-order valence-electron chi connectivity index (χ2n) is 6.05. The van der Waals surface area contributed by atoms with Crippen LogP contribution >= 0.6 is 23.4 Å². The van der Waals surface area contributed by atoms with E-state index in [0.717, 1.165) is 0 Å². The summed E-state index contributed by atoms with van der Waals surface area (Å²) in [6.07, 6.45) is 12.0. The van der Waals surface area contributed by atoms with Gasteiger partial charge < -0.3 is 0 Å². The molecule has 1 N–H and O–H groups in total. The fraction of sp³-hybridized carbons (Fsp3) is 0.750. The average Bonchev–Trinajstić information content (AvgIpc) is 2.47.